The van der Waals surface area contributed by atoms with Crippen molar-refractivity contribution in [3.8, 4) is 5.75 Å². The molecule has 7 heteroatoms. The van der Waals surface area contributed by atoms with Crippen molar-refractivity contribution in [2.75, 3.05) is 11.9 Å². The molecular weight excluding hydrogens is 263 g/mol. The summed E-state index contributed by atoms with van der Waals surface area (Å²) < 4.78 is 39.4. The molecule has 19 heavy (non-hydrogen) atoms. The van der Waals surface area contributed by atoms with Crippen LogP contribution in [0.15, 0.2) is 24.3 Å². The fraction of sp³-hybridized carbons (Fsp3) is 0.417. The highest BCUT2D eigenvalue weighted by molar-refractivity contribution is 5.90. The van der Waals surface area contributed by atoms with Crippen molar-refractivity contribution in [3.63, 3.8) is 0 Å². The minimum Gasteiger partial charge on any atom is -0.406 e. The highest BCUT2D eigenvalue weighted by atomic mass is 19.4. The number of unbranched alkanes of at least 4 members (excludes halogenated alkanes) is 1. The lowest BCUT2D eigenvalue weighted by Crippen LogP contribution is -2.17. The average Bonchev–Trinajstić information content (AvgIpc) is 2.30. The Kier molecular flexibility index (Phi) is 5.62. The molecule has 0 atom stereocenters. The van der Waals surface area contributed by atoms with E-state index in [1.165, 1.54) is 12.1 Å². The Hall–Kier alpha value is -1.76. The molecule has 4 nitrogen and oxygen atoms in total. The summed E-state index contributed by atoms with van der Waals surface area (Å²) in [5, 5.41) is 11.1. The first-order chi connectivity index (χ1) is 8.90. The maximum absolute atomic E-state index is 11.9. The van der Waals surface area contributed by atoms with Gasteiger partial charge < -0.3 is 15.2 Å². The second-order valence-electron chi connectivity index (χ2n) is 3.80. The van der Waals surface area contributed by atoms with Gasteiger partial charge in [-0.3, -0.25) is 4.79 Å². The third-order valence-electron chi connectivity index (χ3n) is 2.18. The monoisotopic (exact) mass is 277 g/mol. The number of aliphatic hydroxyl groups is 1. The van der Waals surface area contributed by atoms with Gasteiger partial charge in [0.25, 0.3) is 0 Å². The first-order valence-electron chi connectivity index (χ1n) is 5.67. The van der Waals surface area contributed by atoms with Gasteiger partial charge in [-0.2, -0.15) is 0 Å². The van der Waals surface area contributed by atoms with E-state index >= 15 is 0 Å². The quantitative estimate of drug-likeness (QED) is 0.786. The normalized spacial score (nSPS) is 11.2. The van der Waals surface area contributed by atoms with E-state index in [1.54, 1.807) is 0 Å². The summed E-state index contributed by atoms with van der Waals surface area (Å²) >= 11 is 0. The van der Waals surface area contributed by atoms with Gasteiger partial charge in [0.2, 0.25) is 5.91 Å². The van der Waals surface area contributed by atoms with Crippen LogP contribution in [0.1, 0.15) is 19.3 Å². The van der Waals surface area contributed by atoms with Crippen LogP contribution in [-0.4, -0.2) is 24.0 Å². The SMILES string of the molecule is O=C(CCCCO)Nc1ccc(OC(F)(F)F)cc1. The first-order valence-corrected chi connectivity index (χ1v) is 5.67. The van der Waals surface area contributed by atoms with E-state index in [9.17, 15) is 18.0 Å². The van der Waals surface area contributed by atoms with Gasteiger partial charge in [0.05, 0.1) is 0 Å². The average molecular weight is 277 g/mol. The van der Waals surface area contributed by atoms with Crippen molar-refractivity contribution < 1.29 is 27.8 Å². The maximum atomic E-state index is 11.9. The lowest BCUT2D eigenvalue weighted by Gasteiger charge is -2.09. The molecule has 1 amide bonds. The molecule has 0 unspecified atom stereocenters. The highest BCUT2D eigenvalue weighted by Crippen LogP contribution is 2.23. The number of hydrogen-bond donors (Lipinski definition) is 2. The summed E-state index contributed by atoms with van der Waals surface area (Å²) in [5.41, 5.74) is 0.392. The number of alkyl halides is 3. The van der Waals surface area contributed by atoms with Gasteiger partial charge in [-0.15, -0.1) is 13.2 Å². The van der Waals surface area contributed by atoms with Crippen molar-refractivity contribution in [2.45, 2.75) is 25.6 Å². The molecule has 0 aliphatic carbocycles. The molecule has 1 aromatic carbocycles. The molecular formula is C12H14F3NO3. The van der Waals surface area contributed by atoms with Gasteiger partial charge >= 0.3 is 6.36 Å². The van der Waals surface area contributed by atoms with Gasteiger partial charge in [-0.25, -0.2) is 0 Å². The van der Waals surface area contributed by atoms with E-state index < -0.39 is 6.36 Å². The largest absolute Gasteiger partial charge is 0.573 e. The lowest BCUT2D eigenvalue weighted by molar-refractivity contribution is -0.274. The molecule has 0 aliphatic rings. The molecule has 2 N–H and O–H groups in total. The standard InChI is InChI=1S/C12H14F3NO3/c13-12(14,15)19-10-6-4-9(5-7-10)16-11(18)3-1-2-8-17/h4-7,17H,1-3,8H2,(H,16,18). The molecule has 0 saturated heterocycles. The van der Waals surface area contributed by atoms with Crippen LogP contribution in [0.25, 0.3) is 0 Å². The predicted octanol–water partition coefficient (Wildman–Crippen LogP) is 2.69. The number of aliphatic hydroxyl groups excluding tert-OH is 1. The van der Waals surface area contributed by atoms with Gasteiger partial charge in [-0.1, -0.05) is 0 Å². The van der Waals surface area contributed by atoms with Crippen LogP contribution in [0.2, 0.25) is 0 Å². The van der Waals surface area contributed by atoms with Gasteiger partial charge in [0.15, 0.2) is 0 Å². The van der Waals surface area contributed by atoms with Gasteiger partial charge in [0.1, 0.15) is 5.75 Å². The topological polar surface area (TPSA) is 58.6 Å². The molecule has 1 rings (SSSR count). The third-order valence-corrected chi connectivity index (χ3v) is 2.18. The number of ether oxygens (including phenoxy) is 1. The Balaban J connectivity index is 2.46. The number of carbonyl (C=O) groups is 1. The minimum atomic E-state index is -4.73. The van der Waals surface area contributed by atoms with Gasteiger partial charge in [0, 0.05) is 18.7 Å². The smallest absolute Gasteiger partial charge is 0.406 e. The number of hydrogen-bond acceptors (Lipinski definition) is 3. The zero-order valence-corrected chi connectivity index (χ0v) is 10.0. The molecule has 0 bridgehead atoms. The third kappa shape index (κ3) is 6.66. The second-order valence-corrected chi connectivity index (χ2v) is 3.80. The van der Waals surface area contributed by atoms with E-state index in [4.69, 9.17) is 5.11 Å². The zero-order valence-electron chi connectivity index (χ0n) is 10.0. The van der Waals surface area contributed by atoms with Crippen LogP contribution in [0, 0.1) is 0 Å². The molecule has 0 fully saturated rings. The summed E-state index contributed by atoms with van der Waals surface area (Å²) in [6.07, 6.45) is -3.39. The first kappa shape index (κ1) is 15.3. The Morgan fingerprint density at radius 3 is 2.37 bits per heavy atom. The fourth-order valence-electron chi connectivity index (χ4n) is 1.36. The Morgan fingerprint density at radius 2 is 1.84 bits per heavy atom. The fourth-order valence-corrected chi connectivity index (χ4v) is 1.36. The summed E-state index contributed by atoms with van der Waals surface area (Å²) in [5.74, 6) is -0.594. The van der Waals surface area contributed by atoms with E-state index in [1.807, 2.05) is 0 Å². The number of anilines is 1. The summed E-state index contributed by atoms with van der Waals surface area (Å²) in [6.45, 7) is 0.0246. The molecule has 106 valence electrons. The lowest BCUT2D eigenvalue weighted by atomic mass is 10.2. The number of amides is 1. The molecule has 0 aliphatic heterocycles. The number of nitrogens with one attached hydrogen (secondary N) is 1. The van der Waals surface area contributed by atoms with Gasteiger partial charge in [-0.05, 0) is 37.1 Å². The van der Waals surface area contributed by atoms with Crippen LogP contribution in [0.3, 0.4) is 0 Å². The molecule has 0 saturated carbocycles. The van der Waals surface area contributed by atoms with Crippen molar-refractivity contribution in [3.05, 3.63) is 24.3 Å². The molecule has 1 aromatic rings. The predicted molar refractivity (Wildman–Crippen MR) is 62.7 cm³/mol. The van der Waals surface area contributed by atoms with Crippen LogP contribution >= 0.6 is 0 Å². The molecule has 0 heterocycles. The summed E-state index contributed by atoms with van der Waals surface area (Å²) in [4.78, 5) is 11.4. The van der Waals surface area contributed by atoms with E-state index in [0.29, 0.717) is 18.5 Å². The summed E-state index contributed by atoms with van der Waals surface area (Å²) in [6, 6.07) is 4.89. The number of halogens is 3. The van der Waals surface area contributed by atoms with E-state index in [-0.39, 0.29) is 24.7 Å². The Bertz CT molecular complexity index is 404. The highest BCUT2D eigenvalue weighted by Gasteiger charge is 2.30. The second kappa shape index (κ2) is 6.98. The zero-order chi connectivity index (χ0) is 14.3. The van der Waals surface area contributed by atoms with E-state index in [2.05, 4.69) is 10.1 Å². The van der Waals surface area contributed by atoms with Crippen LogP contribution in [0.4, 0.5) is 18.9 Å². The Morgan fingerprint density at radius 1 is 1.21 bits per heavy atom. The number of benzene rings is 1. The molecule has 0 aromatic heterocycles. The van der Waals surface area contributed by atoms with Crippen molar-refractivity contribution in [2.24, 2.45) is 0 Å². The van der Waals surface area contributed by atoms with Crippen LogP contribution < -0.4 is 10.1 Å². The molecule has 0 radical (unpaired) electrons. The summed E-state index contributed by atoms with van der Waals surface area (Å²) in [7, 11) is 0. The van der Waals surface area contributed by atoms with Crippen molar-refractivity contribution in [1.29, 1.82) is 0 Å². The van der Waals surface area contributed by atoms with Crippen molar-refractivity contribution in [1.82, 2.24) is 0 Å². The maximum Gasteiger partial charge on any atom is 0.573 e. The molecule has 0 spiro atoms. The van der Waals surface area contributed by atoms with Crippen LogP contribution in [-0.2, 0) is 4.79 Å². The van der Waals surface area contributed by atoms with Crippen LogP contribution in [0.5, 0.6) is 5.75 Å². The minimum absolute atomic E-state index is 0.0246. The van der Waals surface area contributed by atoms with E-state index in [0.717, 1.165) is 12.1 Å². The van der Waals surface area contributed by atoms with Crippen molar-refractivity contribution >= 4 is 11.6 Å². The number of carbonyl (C=O) groups excluding carboxylic acids is 1. The Labute approximate surface area is 108 Å². The number of rotatable bonds is 6.